The third-order valence-electron chi connectivity index (χ3n) is 3.06. The quantitative estimate of drug-likeness (QED) is 0.693. The van der Waals surface area contributed by atoms with Gasteiger partial charge in [-0.3, -0.25) is 4.79 Å². The van der Waals surface area contributed by atoms with E-state index in [4.69, 9.17) is 9.47 Å². The molecule has 0 aliphatic heterocycles. The highest BCUT2D eigenvalue weighted by atomic mass is 32.1. The molecule has 0 saturated carbocycles. The SMILES string of the molecule is COc1cnc(C(=O)c2csc3ccccc23)c(OC)n1. The molecular formula is C15H12N2O3S. The van der Waals surface area contributed by atoms with Crippen LogP contribution in [-0.4, -0.2) is 30.0 Å². The summed E-state index contributed by atoms with van der Waals surface area (Å²) in [5, 5.41) is 2.74. The highest BCUT2D eigenvalue weighted by Gasteiger charge is 2.21. The number of benzene rings is 1. The van der Waals surface area contributed by atoms with Crippen LogP contribution in [0.15, 0.2) is 35.8 Å². The van der Waals surface area contributed by atoms with Crippen LogP contribution in [0.4, 0.5) is 0 Å². The van der Waals surface area contributed by atoms with Gasteiger partial charge in [-0.25, -0.2) is 4.98 Å². The van der Waals surface area contributed by atoms with Gasteiger partial charge in [0, 0.05) is 21.0 Å². The average molecular weight is 300 g/mol. The summed E-state index contributed by atoms with van der Waals surface area (Å²) in [6.45, 7) is 0. The Morgan fingerprint density at radius 2 is 2.00 bits per heavy atom. The van der Waals surface area contributed by atoms with Gasteiger partial charge in [-0.05, 0) is 6.07 Å². The van der Waals surface area contributed by atoms with Crippen LogP contribution in [-0.2, 0) is 0 Å². The Bertz CT molecular complexity index is 814. The topological polar surface area (TPSA) is 61.3 Å². The van der Waals surface area contributed by atoms with Crippen molar-refractivity contribution in [3.8, 4) is 11.8 Å². The summed E-state index contributed by atoms with van der Waals surface area (Å²) >= 11 is 1.52. The summed E-state index contributed by atoms with van der Waals surface area (Å²) in [4.78, 5) is 20.9. The number of aromatic nitrogens is 2. The molecule has 106 valence electrons. The van der Waals surface area contributed by atoms with Gasteiger partial charge in [0.1, 0.15) is 0 Å². The van der Waals surface area contributed by atoms with Crippen molar-refractivity contribution in [1.82, 2.24) is 9.97 Å². The minimum Gasteiger partial charge on any atom is -0.480 e. The van der Waals surface area contributed by atoms with Crippen LogP contribution in [0.2, 0.25) is 0 Å². The second-order valence-corrected chi connectivity index (χ2v) is 5.16. The molecule has 2 aromatic heterocycles. The number of fused-ring (bicyclic) bond motifs is 1. The second-order valence-electron chi connectivity index (χ2n) is 4.24. The van der Waals surface area contributed by atoms with E-state index in [0.717, 1.165) is 10.1 Å². The minimum atomic E-state index is -0.209. The van der Waals surface area contributed by atoms with Crippen molar-refractivity contribution in [2.24, 2.45) is 0 Å². The largest absolute Gasteiger partial charge is 0.480 e. The van der Waals surface area contributed by atoms with Crippen LogP contribution in [0.25, 0.3) is 10.1 Å². The summed E-state index contributed by atoms with van der Waals surface area (Å²) in [5.41, 5.74) is 0.787. The highest BCUT2D eigenvalue weighted by Crippen LogP contribution is 2.29. The third-order valence-corrected chi connectivity index (χ3v) is 4.03. The molecule has 0 N–H and O–H groups in total. The van der Waals surface area contributed by atoms with Crippen LogP contribution in [0.1, 0.15) is 16.1 Å². The van der Waals surface area contributed by atoms with Crippen LogP contribution in [0.3, 0.4) is 0 Å². The smallest absolute Gasteiger partial charge is 0.247 e. The lowest BCUT2D eigenvalue weighted by Gasteiger charge is -2.06. The van der Waals surface area contributed by atoms with Crippen molar-refractivity contribution in [2.75, 3.05) is 14.2 Å². The Labute approximate surface area is 125 Å². The molecule has 2 heterocycles. The maximum Gasteiger partial charge on any atom is 0.247 e. The minimum absolute atomic E-state index is 0.162. The molecule has 5 nitrogen and oxygen atoms in total. The van der Waals surface area contributed by atoms with E-state index in [0.29, 0.717) is 11.4 Å². The number of hydrogen-bond donors (Lipinski definition) is 0. The number of methoxy groups -OCH3 is 2. The van der Waals surface area contributed by atoms with E-state index in [-0.39, 0.29) is 17.4 Å². The van der Waals surface area contributed by atoms with E-state index in [1.54, 1.807) is 0 Å². The van der Waals surface area contributed by atoms with Gasteiger partial charge in [-0.15, -0.1) is 11.3 Å². The number of hydrogen-bond acceptors (Lipinski definition) is 6. The summed E-state index contributed by atoms with van der Waals surface area (Å²) in [7, 11) is 2.93. The van der Waals surface area contributed by atoms with Crippen LogP contribution < -0.4 is 9.47 Å². The molecule has 0 bridgehead atoms. The lowest BCUT2D eigenvalue weighted by molar-refractivity contribution is 0.103. The first-order chi connectivity index (χ1) is 10.2. The molecule has 0 fully saturated rings. The molecular weight excluding hydrogens is 288 g/mol. The first-order valence-corrected chi connectivity index (χ1v) is 7.08. The lowest BCUT2D eigenvalue weighted by Crippen LogP contribution is -2.08. The fraction of sp³-hybridized carbons (Fsp3) is 0.133. The van der Waals surface area contributed by atoms with Crippen molar-refractivity contribution in [1.29, 1.82) is 0 Å². The Morgan fingerprint density at radius 1 is 1.19 bits per heavy atom. The normalized spacial score (nSPS) is 10.6. The molecule has 0 amide bonds. The van der Waals surface area contributed by atoms with Gasteiger partial charge < -0.3 is 9.47 Å². The van der Waals surface area contributed by atoms with E-state index in [2.05, 4.69) is 9.97 Å². The number of ether oxygens (including phenoxy) is 2. The standard InChI is InChI=1S/C15H12N2O3S/c1-19-12-7-16-13(15(17-12)20-2)14(18)10-8-21-11-6-4-3-5-9(10)11/h3-8H,1-2H3. The number of carbonyl (C=O) groups excluding carboxylic acids is 1. The fourth-order valence-electron chi connectivity index (χ4n) is 2.03. The molecule has 3 rings (SSSR count). The summed E-state index contributed by atoms with van der Waals surface area (Å²) < 4.78 is 11.2. The molecule has 0 aliphatic carbocycles. The molecule has 0 saturated heterocycles. The second kappa shape index (κ2) is 5.49. The molecule has 0 radical (unpaired) electrons. The average Bonchev–Trinajstić information content (AvgIpc) is 2.97. The molecule has 1 aromatic carbocycles. The van der Waals surface area contributed by atoms with E-state index in [1.165, 1.54) is 31.8 Å². The molecule has 3 aromatic rings. The van der Waals surface area contributed by atoms with Crippen molar-refractivity contribution in [3.05, 3.63) is 47.1 Å². The maximum atomic E-state index is 12.7. The van der Waals surface area contributed by atoms with E-state index < -0.39 is 0 Å². The van der Waals surface area contributed by atoms with Crippen LogP contribution >= 0.6 is 11.3 Å². The predicted molar refractivity (Wildman–Crippen MR) is 80.4 cm³/mol. The van der Waals surface area contributed by atoms with E-state index >= 15 is 0 Å². The summed E-state index contributed by atoms with van der Waals surface area (Å²) in [6.07, 6.45) is 1.41. The van der Waals surface area contributed by atoms with Gasteiger partial charge in [-0.2, -0.15) is 4.98 Å². The van der Waals surface area contributed by atoms with Crippen molar-refractivity contribution in [2.45, 2.75) is 0 Å². The third kappa shape index (κ3) is 2.34. The zero-order valence-corrected chi connectivity index (χ0v) is 12.3. The van der Waals surface area contributed by atoms with Crippen molar-refractivity contribution >= 4 is 27.2 Å². The van der Waals surface area contributed by atoms with E-state index in [9.17, 15) is 4.79 Å². The monoisotopic (exact) mass is 300 g/mol. The van der Waals surface area contributed by atoms with Gasteiger partial charge in [0.25, 0.3) is 0 Å². The molecule has 0 aliphatic rings. The Morgan fingerprint density at radius 3 is 2.76 bits per heavy atom. The Balaban J connectivity index is 2.10. The van der Waals surface area contributed by atoms with E-state index in [1.807, 2.05) is 29.6 Å². The van der Waals surface area contributed by atoms with Gasteiger partial charge >= 0.3 is 0 Å². The molecule has 0 atom stereocenters. The molecule has 0 spiro atoms. The molecule has 6 heteroatoms. The zero-order valence-electron chi connectivity index (χ0n) is 11.5. The summed E-state index contributed by atoms with van der Waals surface area (Å²) in [6, 6.07) is 7.75. The number of nitrogens with zero attached hydrogens (tertiary/aromatic N) is 2. The number of ketones is 1. The van der Waals surface area contributed by atoms with Gasteiger partial charge in [0.2, 0.25) is 17.5 Å². The summed E-state index contributed by atoms with van der Waals surface area (Å²) in [5.74, 6) is 0.257. The van der Waals surface area contributed by atoms with Crippen LogP contribution in [0.5, 0.6) is 11.8 Å². The maximum absolute atomic E-state index is 12.7. The zero-order chi connectivity index (χ0) is 14.8. The molecule has 21 heavy (non-hydrogen) atoms. The Hall–Kier alpha value is -2.47. The predicted octanol–water partition coefficient (Wildman–Crippen LogP) is 2.94. The Kier molecular flexibility index (Phi) is 3.53. The van der Waals surface area contributed by atoms with Gasteiger partial charge in [0.15, 0.2) is 5.69 Å². The molecule has 0 unspecified atom stereocenters. The number of carbonyl (C=O) groups is 1. The van der Waals surface area contributed by atoms with Gasteiger partial charge in [-0.1, -0.05) is 18.2 Å². The number of rotatable bonds is 4. The highest BCUT2D eigenvalue weighted by molar-refractivity contribution is 7.17. The van der Waals surface area contributed by atoms with Gasteiger partial charge in [0.05, 0.1) is 20.4 Å². The van der Waals surface area contributed by atoms with Crippen molar-refractivity contribution < 1.29 is 14.3 Å². The van der Waals surface area contributed by atoms with Crippen LogP contribution in [0, 0.1) is 0 Å². The van der Waals surface area contributed by atoms with Crippen molar-refractivity contribution in [3.63, 3.8) is 0 Å². The fourth-order valence-corrected chi connectivity index (χ4v) is 2.98. The first kappa shape index (κ1) is 13.5. The number of thiophene rings is 1. The first-order valence-electron chi connectivity index (χ1n) is 6.20. The lowest BCUT2D eigenvalue weighted by atomic mass is 10.1.